The molecular formula is C15H11N3O2S. The molecule has 0 N–H and O–H groups in total. The van der Waals surface area contributed by atoms with Crippen LogP contribution in [0.3, 0.4) is 0 Å². The third-order valence-electron chi connectivity index (χ3n) is 3.25. The molecule has 3 aromatic rings. The number of hydrogen-bond donors (Lipinski definition) is 0. The molecule has 0 spiro atoms. The summed E-state index contributed by atoms with van der Waals surface area (Å²) in [6, 6.07) is 13.5. The Hall–Kier alpha value is -2.65. The maximum Gasteiger partial charge on any atom is 0.283 e. The predicted octanol–water partition coefficient (Wildman–Crippen LogP) is 2.45. The summed E-state index contributed by atoms with van der Waals surface area (Å²) in [6.45, 7) is 1.89. The molecule has 21 heavy (non-hydrogen) atoms. The number of aryl methyl sites for hydroxylation is 1. The third kappa shape index (κ3) is 2.08. The largest absolute Gasteiger partial charge is 0.283 e. The van der Waals surface area contributed by atoms with Gasteiger partial charge >= 0.3 is 0 Å². The molecule has 0 atom stereocenters. The second kappa shape index (κ2) is 4.72. The first-order chi connectivity index (χ1) is 10.0. The molecule has 0 amide bonds. The van der Waals surface area contributed by atoms with E-state index in [1.807, 2.05) is 13.0 Å². The van der Waals surface area contributed by atoms with Crippen molar-refractivity contribution in [3.8, 4) is 6.07 Å². The molecule has 0 aliphatic carbocycles. The Morgan fingerprint density at radius 3 is 2.52 bits per heavy atom. The van der Waals surface area contributed by atoms with E-state index in [-0.39, 0.29) is 4.90 Å². The molecule has 104 valence electrons. The lowest BCUT2D eigenvalue weighted by molar-refractivity contribution is 0.582. The van der Waals surface area contributed by atoms with Gasteiger partial charge in [0.25, 0.3) is 10.0 Å². The Morgan fingerprint density at radius 2 is 1.86 bits per heavy atom. The highest BCUT2D eigenvalue weighted by atomic mass is 32.2. The summed E-state index contributed by atoms with van der Waals surface area (Å²) in [5.74, 6) is 0. The Kier molecular flexibility index (Phi) is 3.00. The molecule has 3 rings (SSSR count). The zero-order valence-electron chi connectivity index (χ0n) is 11.2. The minimum absolute atomic E-state index is 0.167. The number of nitrogens with zero attached hydrogens (tertiary/aromatic N) is 3. The van der Waals surface area contributed by atoms with Gasteiger partial charge in [0.15, 0.2) is 0 Å². The molecule has 6 heteroatoms. The van der Waals surface area contributed by atoms with Gasteiger partial charge in [-0.1, -0.05) is 23.8 Å². The van der Waals surface area contributed by atoms with Gasteiger partial charge in [0, 0.05) is 5.39 Å². The summed E-state index contributed by atoms with van der Waals surface area (Å²) < 4.78 is 26.2. The van der Waals surface area contributed by atoms with Crippen molar-refractivity contribution in [2.75, 3.05) is 0 Å². The molecule has 0 aliphatic rings. The lowest BCUT2D eigenvalue weighted by atomic mass is 10.1. The van der Waals surface area contributed by atoms with Gasteiger partial charge in [-0.2, -0.15) is 22.9 Å². The number of aromatic nitrogens is 2. The first-order valence-electron chi connectivity index (χ1n) is 6.23. The van der Waals surface area contributed by atoms with Crippen molar-refractivity contribution in [1.29, 1.82) is 5.26 Å². The van der Waals surface area contributed by atoms with Crippen LogP contribution in [0.25, 0.3) is 10.9 Å². The van der Waals surface area contributed by atoms with Crippen molar-refractivity contribution in [1.82, 2.24) is 9.19 Å². The average molecular weight is 297 g/mol. The molecule has 0 saturated carbocycles. The fourth-order valence-electron chi connectivity index (χ4n) is 2.13. The maximum absolute atomic E-state index is 12.6. The first kappa shape index (κ1) is 13.3. The van der Waals surface area contributed by atoms with Gasteiger partial charge in [0.05, 0.1) is 28.2 Å². The highest BCUT2D eigenvalue weighted by Crippen LogP contribution is 2.22. The van der Waals surface area contributed by atoms with E-state index in [0.717, 1.165) is 9.65 Å². The van der Waals surface area contributed by atoms with Crippen molar-refractivity contribution in [3.63, 3.8) is 0 Å². The van der Waals surface area contributed by atoms with Crippen LogP contribution in [0.15, 0.2) is 53.6 Å². The van der Waals surface area contributed by atoms with Gasteiger partial charge in [-0.05, 0) is 31.2 Å². The Morgan fingerprint density at radius 1 is 1.14 bits per heavy atom. The van der Waals surface area contributed by atoms with Gasteiger partial charge in [0.2, 0.25) is 0 Å². The van der Waals surface area contributed by atoms with Crippen molar-refractivity contribution in [2.24, 2.45) is 0 Å². The topological polar surface area (TPSA) is 75.8 Å². The second-order valence-electron chi connectivity index (χ2n) is 4.66. The van der Waals surface area contributed by atoms with E-state index in [4.69, 9.17) is 5.26 Å². The molecule has 1 heterocycles. The van der Waals surface area contributed by atoms with E-state index in [1.54, 1.807) is 42.5 Å². The lowest BCUT2D eigenvalue weighted by Gasteiger charge is -2.06. The van der Waals surface area contributed by atoms with Crippen LogP contribution in [0.1, 0.15) is 11.1 Å². The molecule has 0 unspecified atom stereocenters. The van der Waals surface area contributed by atoms with Crippen LogP contribution in [0.2, 0.25) is 0 Å². The number of fused-ring (bicyclic) bond motifs is 1. The summed E-state index contributed by atoms with van der Waals surface area (Å²) in [7, 11) is -3.77. The highest BCUT2D eigenvalue weighted by Gasteiger charge is 2.20. The Bertz CT molecular complexity index is 964. The molecule has 0 bridgehead atoms. The predicted molar refractivity (Wildman–Crippen MR) is 78.2 cm³/mol. The number of benzene rings is 2. The van der Waals surface area contributed by atoms with E-state index < -0.39 is 10.0 Å². The van der Waals surface area contributed by atoms with Gasteiger partial charge < -0.3 is 0 Å². The molecule has 2 aromatic carbocycles. The third-order valence-corrected chi connectivity index (χ3v) is 4.86. The van der Waals surface area contributed by atoms with Crippen LogP contribution in [-0.4, -0.2) is 17.6 Å². The number of nitriles is 1. The second-order valence-corrected chi connectivity index (χ2v) is 6.42. The monoisotopic (exact) mass is 297 g/mol. The average Bonchev–Trinajstić information content (AvgIpc) is 2.92. The molecule has 0 saturated heterocycles. The first-order valence-corrected chi connectivity index (χ1v) is 7.67. The van der Waals surface area contributed by atoms with Crippen LogP contribution in [-0.2, 0) is 10.0 Å². The lowest BCUT2D eigenvalue weighted by Crippen LogP contribution is -2.14. The van der Waals surface area contributed by atoms with E-state index >= 15 is 0 Å². The fourth-order valence-corrected chi connectivity index (χ4v) is 3.40. The summed E-state index contributed by atoms with van der Waals surface area (Å²) in [5, 5.41) is 13.5. The fraction of sp³-hybridized carbons (Fsp3) is 0.0667. The van der Waals surface area contributed by atoms with E-state index in [2.05, 4.69) is 5.10 Å². The van der Waals surface area contributed by atoms with Crippen molar-refractivity contribution < 1.29 is 8.42 Å². The Balaban J connectivity index is 2.25. The van der Waals surface area contributed by atoms with Crippen LogP contribution in [0.5, 0.6) is 0 Å². The smallest absolute Gasteiger partial charge is 0.199 e. The number of hydrogen-bond acceptors (Lipinski definition) is 4. The molecular weight excluding hydrogens is 286 g/mol. The molecule has 0 radical (unpaired) electrons. The van der Waals surface area contributed by atoms with E-state index in [9.17, 15) is 8.42 Å². The number of rotatable bonds is 2. The molecule has 0 aliphatic heterocycles. The highest BCUT2D eigenvalue weighted by molar-refractivity contribution is 7.90. The summed E-state index contributed by atoms with van der Waals surface area (Å²) >= 11 is 0. The van der Waals surface area contributed by atoms with E-state index in [0.29, 0.717) is 16.5 Å². The van der Waals surface area contributed by atoms with Gasteiger partial charge in [0.1, 0.15) is 0 Å². The summed E-state index contributed by atoms with van der Waals surface area (Å²) in [4.78, 5) is 0.167. The van der Waals surface area contributed by atoms with Crippen molar-refractivity contribution >= 4 is 20.9 Å². The maximum atomic E-state index is 12.6. The van der Waals surface area contributed by atoms with Crippen LogP contribution in [0, 0.1) is 18.3 Å². The van der Waals surface area contributed by atoms with Gasteiger partial charge in [-0.15, -0.1) is 0 Å². The van der Waals surface area contributed by atoms with Crippen molar-refractivity contribution in [2.45, 2.75) is 11.8 Å². The Labute approximate surface area is 122 Å². The minimum atomic E-state index is -3.77. The van der Waals surface area contributed by atoms with Crippen molar-refractivity contribution in [3.05, 3.63) is 59.8 Å². The van der Waals surface area contributed by atoms with Gasteiger partial charge in [-0.3, -0.25) is 0 Å². The SMILES string of the molecule is Cc1ccc(S(=O)(=O)n2ncc3c(C#N)cccc32)cc1. The minimum Gasteiger partial charge on any atom is -0.199 e. The molecule has 0 fully saturated rings. The zero-order valence-corrected chi connectivity index (χ0v) is 12.0. The van der Waals surface area contributed by atoms with Crippen LogP contribution in [0.4, 0.5) is 0 Å². The van der Waals surface area contributed by atoms with Crippen LogP contribution < -0.4 is 0 Å². The summed E-state index contributed by atoms with van der Waals surface area (Å²) in [5.41, 5.74) is 1.78. The van der Waals surface area contributed by atoms with Crippen LogP contribution >= 0.6 is 0 Å². The zero-order chi connectivity index (χ0) is 15.0. The summed E-state index contributed by atoms with van der Waals surface area (Å²) in [6.07, 6.45) is 1.40. The normalized spacial score (nSPS) is 11.4. The molecule has 1 aromatic heterocycles. The quantitative estimate of drug-likeness (QED) is 0.728. The standard InChI is InChI=1S/C15H11N3O2S/c1-11-5-7-13(8-6-11)21(19,20)18-15-4-2-3-12(9-16)14(15)10-17-18/h2-8,10H,1H3. The van der Waals surface area contributed by atoms with Gasteiger partial charge in [-0.25, -0.2) is 0 Å². The molecule has 5 nitrogen and oxygen atoms in total. The van der Waals surface area contributed by atoms with E-state index in [1.165, 1.54) is 6.20 Å².